The van der Waals surface area contributed by atoms with Crippen LogP contribution in [0.15, 0.2) is 82.4 Å². The van der Waals surface area contributed by atoms with Crippen LogP contribution in [0.2, 0.25) is 0 Å². The van der Waals surface area contributed by atoms with Crippen molar-refractivity contribution in [3.8, 4) is 11.5 Å². The van der Waals surface area contributed by atoms with Crippen molar-refractivity contribution in [2.24, 2.45) is 4.99 Å². The van der Waals surface area contributed by atoms with Crippen LogP contribution in [0.25, 0.3) is 6.08 Å². The number of hydrogen-bond acceptors (Lipinski definition) is 7. The van der Waals surface area contributed by atoms with Gasteiger partial charge in [0.2, 0.25) is 0 Å². The van der Waals surface area contributed by atoms with Gasteiger partial charge in [0.25, 0.3) is 0 Å². The highest BCUT2D eigenvalue weighted by atomic mass is 32.2. The molecule has 0 radical (unpaired) electrons. The molecule has 0 saturated carbocycles. The minimum Gasteiger partial charge on any atom is -0.506 e. The summed E-state index contributed by atoms with van der Waals surface area (Å²) in [6, 6.07) is 14.6. The fraction of sp³-hybridized carbons (Fsp3) is 0.167. The summed E-state index contributed by atoms with van der Waals surface area (Å²) in [5.74, 6) is 0.355. The smallest absolute Gasteiger partial charge is 0.344 e. The first kappa shape index (κ1) is 22.2. The number of esters is 1. The zero-order valence-corrected chi connectivity index (χ0v) is 18.1. The Bertz CT molecular complexity index is 1060. The van der Waals surface area contributed by atoms with Gasteiger partial charge in [-0.05, 0) is 42.8 Å². The van der Waals surface area contributed by atoms with Crippen molar-refractivity contribution in [2.75, 3.05) is 20.3 Å². The first-order chi connectivity index (χ1) is 15.1. The van der Waals surface area contributed by atoms with Crippen molar-refractivity contribution < 1.29 is 24.1 Å². The molecule has 1 N–H and O–H groups in total. The number of thioether (sulfide) groups is 1. The summed E-state index contributed by atoms with van der Waals surface area (Å²) >= 11 is 1.20. The number of para-hydroxylation sites is 1. The number of hydrogen-bond donors (Lipinski definition) is 1. The van der Waals surface area contributed by atoms with Gasteiger partial charge >= 0.3 is 5.97 Å². The maximum absolute atomic E-state index is 12.5. The van der Waals surface area contributed by atoms with E-state index >= 15 is 0 Å². The Morgan fingerprint density at radius 2 is 1.97 bits per heavy atom. The number of carbonyl (C=O) groups is 1. The molecule has 2 aromatic carbocycles. The molecular weight excluding hydrogens is 414 g/mol. The van der Waals surface area contributed by atoms with Crippen LogP contribution in [-0.2, 0) is 9.53 Å². The lowest BCUT2D eigenvalue weighted by molar-refractivity contribution is -0.138. The average Bonchev–Trinajstić information content (AvgIpc) is 3.08. The molecule has 0 spiro atoms. The average molecular weight is 438 g/mol. The van der Waals surface area contributed by atoms with Crippen LogP contribution in [0.3, 0.4) is 0 Å². The number of aliphatic hydroxyl groups excluding tert-OH is 1. The molecule has 1 heterocycles. The predicted octanol–water partition coefficient (Wildman–Crippen LogP) is 5.45. The molecule has 7 heteroatoms. The van der Waals surface area contributed by atoms with Gasteiger partial charge in [-0.2, -0.15) is 0 Å². The number of benzene rings is 2. The Labute approximate surface area is 185 Å². The molecule has 0 bridgehead atoms. The Morgan fingerprint density at radius 1 is 1.19 bits per heavy atom. The van der Waals surface area contributed by atoms with E-state index in [0.717, 1.165) is 5.56 Å². The number of nitrogens with zero attached hydrogens (tertiary/aromatic N) is 1. The zero-order chi connectivity index (χ0) is 22.2. The topological polar surface area (TPSA) is 77.4 Å². The molecule has 0 unspecified atom stereocenters. The maximum atomic E-state index is 12.5. The minimum atomic E-state index is -0.615. The number of aliphatic hydroxyl groups is 1. The fourth-order valence-electron chi connectivity index (χ4n) is 2.80. The maximum Gasteiger partial charge on any atom is 0.344 e. The molecule has 1 aliphatic rings. The first-order valence-corrected chi connectivity index (χ1v) is 10.4. The van der Waals surface area contributed by atoms with Crippen LogP contribution in [0.4, 0.5) is 5.69 Å². The van der Waals surface area contributed by atoms with Crippen LogP contribution in [-0.4, -0.2) is 36.4 Å². The quantitative estimate of drug-likeness (QED) is 0.437. The van der Waals surface area contributed by atoms with Crippen molar-refractivity contribution in [1.29, 1.82) is 0 Å². The molecular formula is C24H23NO5S. The largest absolute Gasteiger partial charge is 0.506 e. The lowest BCUT2D eigenvalue weighted by Crippen LogP contribution is -2.12. The summed E-state index contributed by atoms with van der Waals surface area (Å²) in [6.07, 6.45) is 3.41. The van der Waals surface area contributed by atoms with Crippen molar-refractivity contribution in [3.63, 3.8) is 0 Å². The Hall–Kier alpha value is -3.45. The third-order valence-corrected chi connectivity index (χ3v) is 5.22. The van der Waals surface area contributed by atoms with Crippen molar-refractivity contribution >= 4 is 34.5 Å². The second-order valence-corrected chi connectivity index (χ2v) is 7.35. The molecule has 2 aromatic rings. The van der Waals surface area contributed by atoms with E-state index in [1.807, 2.05) is 36.4 Å². The highest BCUT2D eigenvalue weighted by Gasteiger charge is 2.33. The Balaban J connectivity index is 1.99. The van der Waals surface area contributed by atoms with Gasteiger partial charge in [-0.3, -0.25) is 0 Å². The van der Waals surface area contributed by atoms with Gasteiger partial charge in [0, 0.05) is 0 Å². The van der Waals surface area contributed by atoms with Gasteiger partial charge in [-0.25, -0.2) is 9.79 Å². The summed E-state index contributed by atoms with van der Waals surface area (Å²) in [5, 5.41) is 11.2. The van der Waals surface area contributed by atoms with E-state index in [-0.39, 0.29) is 17.9 Å². The molecule has 31 heavy (non-hydrogen) atoms. The molecule has 0 aromatic heterocycles. The van der Waals surface area contributed by atoms with E-state index in [4.69, 9.17) is 14.2 Å². The van der Waals surface area contributed by atoms with E-state index < -0.39 is 5.97 Å². The van der Waals surface area contributed by atoms with E-state index in [0.29, 0.717) is 33.7 Å². The second kappa shape index (κ2) is 10.5. The van der Waals surface area contributed by atoms with Crippen LogP contribution in [0.1, 0.15) is 12.5 Å². The predicted molar refractivity (Wildman–Crippen MR) is 124 cm³/mol. The van der Waals surface area contributed by atoms with Crippen molar-refractivity contribution in [2.45, 2.75) is 6.92 Å². The fourth-order valence-corrected chi connectivity index (χ4v) is 3.84. The van der Waals surface area contributed by atoms with Crippen molar-refractivity contribution in [1.82, 2.24) is 0 Å². The molecule has 0 atom stereocenters. The lowest BCUT2D eigenvalue weighted by Gasteiger charge is -2.10. The highest BCUT2D eigenvalue weighted by Crippen LogP contribution is 2.41. The Morgan fingerprint density at radius 3 is 2.65 bits per heavy atom. The Kier molecular flexibility index (Phi) is 7.56. The van der Waals surface area contributed by atoms with Crippen LogP contribution >= 0.6 is 11.8 Å². The summed E-state index contributed by atoms with van der Waals surface area (Å²) in [6.45, 7) is 5.91. The monoisotopic (exact) mass is 437 g/mol. The van der Waals surface area contributed by atoms with E-state index in [2.05, 4.69) is 11.6 Å². The van der Waals surface area contributed by atoms with E-state index in [9.17, 15) is 9.90 Å². The molecule has 0 aliphatic carbocycles. The van der Waals surface area contributed by atoms with Crippen LogP contribution < -0.4 is 9.47 Å². The molecule has 160 valence electrons. The summed E-state index contributed by atoms with van der Waals surface area (Å²) in [5.41, 5.74) is 1.49. The third kappa shape index (κ3) is 5.38. The van der Waals surface area contributed by atoms with Gasteiger partial charge in [-0.15, -0.1) is 0 Å². The third-order valence-electron chi connectivity index (χ3n) is 4.20. The molecule has 3 rings (SSSR count). The summed E-state index contributed by atoms with van der Waals surface area (Å²) in [4.78, 5) is 17.5. The number of rotatable bonds is 8. The zero-order valence-electron chi connectivity index (χ0n) is 17.3. The van der Waals surface area contributed by atoms with Gasteiger partial charge in [-0.1, -0.05) is 48.7 Å². The lowest BCUT2D eigenvalue weighted by atomic mass is 10.1. The van der Waals surface area contributed by atoms with Gasteiger partial charge in [0.1, 0.15) is 23.0 Å². The number of aliphatic imine (C=N–C) groups is 1. The molecule has 0 saturated heterocycles. The highest BCUT2D eigenvalue weighted by molar-refractivity contribution is 8.18. The molecule has 0 fully saturated rings. The number of ether oxygens (including phenoxy) is 3. The van der Waals surface area contributed by atoms with Crippen molar-refractivity contribution in [3.05, 3.63) is 83.0 Å². The SMILES string of the molecule is C=CCOc1ccc(C=C2SC(=Nc3ccccc3)C(C(=O)OCC)=C2O)cc1OC. The van der Waals surface area contributed by atoms with E-state index in [1.54, 1.807) is 38.3 Å². The van der Waals surface area contributed by atoms with E-state index in [1.165, 1.54) is 11.8 Å². The molecule has 0 amide bonds. The number of carbonyl (C=O) groups excluding carboxylic acids is 1. The minimum absolute atomic E-state index is 0.0554. The van der Waals surface area contributed by atoms with Crippen LogP contribution in [0, 0.1) is 0 Å². The van der Waals surface area contributed by atoms with Gasteiger partial charge < -0.3 is 19.3 Å². The molecule has 1 aliphatic heterocycles. The molecule has 6 nitrogen and oxygen atoms in total. The van der Waals surface area contributed by atoms with Crippen LogP contribution in [0.5, 0.6) is 11.5 Å². The second-order valence-electron chi connectivity index (χ2n) is 6.32. The van der Waals surface area contributed by atoms with Gasteiger partial charge in [0.15, 0.2) is 11.5 Å². The normalized spacial score (nSPS) is 15.9. The number of methoxy groups -OCH3 is 1. The van der Waals surface area contributed by atoms with Gasteiger partial charge in [0.05, 0.1) is 24.3 Å². The first-order valence-electron chi connectivity index (χ1n) is 9.63. The summed E-state index contributed by atoms with van der Waals surface area (Å²) < 4.78 is 16.1. The summed E-state index contributed by atoms with van der Waals surface area (Å²) in [7, 11) is 1.55. The standard InChI is InChI=1S/C24H23NO5S/c1-4-13-30-18-12-11-16(14-19(18)28-3)15-20-22(26)21(24(27)29-5-2)23(31-20)25-17-9-7-6-8-10-17/h4,6-12,14-15,26H,1,5,13H2,2-3H3.